The van der Waals surface area contributed by atoms with Crippen LogP contribution < -0.4 is 0 Å². The van der Waals surface area contributed by atoms with Gasteiger partial charge >= 0.3 is 5.97 Å². The van der Waals surface area contributed by atoms with Gasteiger partial charge in [0.05, 0.1) is 12.0 Å². The fraction of sp³-hybridized carbons (Fsp3) is 0.833. The molecular weight excluding hydrogens is 247 g/mol. The van der Waals surface area contributed by atoms with Gasteiger partial charge in [-0.2, -0.15) is 0 Å². The summed E-state index contributed by atoms with van der Waals surface area (Å²) in [6.07, 6.45) is 0.612. The maximum atomic E-state index is 10.5. The monoisotopic (exact) mass is 256 g/mol. The Morgan fingerprint density at radius 1 is 1.80 bits per heavy atom. The summed E-state index contributed by atoms with van der Waals surface area (Å²) in [4.78, 5) is 10.5. The molecule has 3 nitrogen and oxygen atoms in total. The second kappa shape index (κ2) is 3.52. The standard InChI is InChI=1S/C6H9IO3/c7-3-5-4(6(8)9)1-2-10-5/h4-5H,1-3H2,(H,8,9). The molecule has 0 saturated carbocycles. The number of carboxylic acid groups (broad SMARTS) is 1. The number of carboxylic acids is 1. The van der Waals surface area contributed by atoms with Crippen LogP contribution in [0.1, 0.15) is 6.42 Å². The zero-order chi connectivity index (χ0) is 7.56. The van der Waals surface area contributed by atoms with Crippen molar-refractivity contribution in [2.45, 2.75) is 12.5 Å². The molecule has 10 heavy (non-hydrogen) atoms. The Kier molecular flexibility index (Phi) is 2.91. The van der Waals surface area contributed by atoms with Gasteiger partial charge in [-0.15, -0.1) is 0 Å². The molecule has 0 aromatic rings. The number of halogens is 1. The second-order valence-electron chi connectivity index (χ2n) is 2.30. The van der Waals surface area contributed by atoms with Crippen LogP contribution in [0.25, 0.3) is 0 Å². The maximum absolute atomic E-state index is 10.5. The molecule has 0 aromatic heterocycles. The van der Waals surface area contributed by atoms with Gasteiger partial charge in [-0.25, -0.2) is 0 Å². The first kappa shape index (κ1) is 8.26. The Morgan fingerprint density at radius 3 is 2.90 bits per heavy atom. The minimum atomic E-state index is -0.723. The van der Waals surface area contributed by atoms with Crippen LogP contribution in [0.15, 0.2) is 0 Å². The molecule has 0 bridgehead atoms. The molecule has 0 spiro atoms. The topological polar surface area (TPSA) is 46.5 Å². The average Bonchev–Trinajstić information content (AvgIpc) is 2.33. The molecular formula is C6H9IO3. The molecule has 2 atom stereocenters. The molecule has 1 aliphatic rings. The first-order valence-electron chi connectivity index (χ1n) is 3.16. The highest BCUT2D eigenvalue weighted by molar-refractivity contribution is 14.1. The lowest BCUT2D eigenvalue weighted by Gasteiger charge is -2.09. The number of rotatable bonds is 2. The van der Waals surface area contributed by atoms with Crippen molar-refractivity contribution >= 4 is 28.6 Å². The van der Waals surface area contributed by atoms with Gasteiger partial charge in [-0.1, -0.05) is 22.6 Å². The number of aliphatic carboxylic acids is 1. The lowest BCUT2D eigenvalue weighted by molar-refractivity contribution is -0.143. The number of hydrogen-bond donors (Lipinski definition) is 1. The Morgan fingerprint density at radius 2 is 2.50 bits per heavy atom. The Hall–Kier alpha value is 0.160. The summed E-state index contributed by atoms with van der Waals surface area (Å²) < 4.78 is 5.96. The highest BCUT2D eigenvalue weighted by Gasteiger charge is 2.32. The minimum absolute atomic E-state index is 0.0573. The maximum Gasteiger partial charge on any atom is 0.309 e. The Balaban J connectivity index is 2.50. The third kappa shape index (κ3) is 1.60. The smallest absolute Gasteiger partial charge is 0.309 e. The quantitative estimate of drug-likeness (QED) is 0.590. The van der Waals surface area contributed by atoms with Crippen LogP contribution in [0.4, 0.5) is 0 Å². The second-order valence-corrected chi connectivity index (χ2v) is 3.18. The fourth-order valence-corrected chi connectivity index (χ4v) is 1.95. The van der Waals surface area contributed by atoms with Crippen LogP contribution in [0, 0.1) is 5.92 Å². The van der Waals surface area contributed by atoms with Crippen LogP contribution in [0.5, 0.6) is 0 Å². The average molecular weight is 256 g/mol. The summed E-state index contributed by atoms with van der Waals surface area (Å²) in [5.41, 5.74) is 0. The van der Waals surface area contributed by atoms with Crippen LogP contribution in [-0.2, 0) is 9.53 Å². The molecule has 1 saturated heterocycles. The van der Waals surface area contributed by atoms with E-state index in [1.165, 1.54) is 0 Å². The highest BCUT2D eigenvalue weighted by Crippen LogP contribution is 2.22. The summed E-state index contributed by atoms with van der Waals surface area (Å²) in [5.74, 6) is -0.990. The van der Waals surface area contributed by atoms with Crippen molar-refractivity contribution in [3.8, 4) is 0 Å². The van der Waals surface area contributed by atoms with E-state index in [1.54, 1.807) is 0 Å². The largest absolute Gasteiger partial charge is 0.481 e. The molecule has 1 heterocycles. The van der Waals surface area contributed by atoms with Crippen molar-refractivity contribution in [1.82, 2.24) is 0 Å². The van der Waals surface area contributed by atoms with E-state index in [1.807, 2.05) is 0 Å². The lowest BCUT2D eigenvalue weighted by Crippen LogP contribution is -2.24. The first-order valence-corrected chi connectivity index (χ1v) is 4.68. The molecule has 0 aromatic carbocycles. The summed E-state index contributed by atoms with van der Waals surface area (Å²) in [6, 6.07) is 0. The molecule has 0 radical (unpaired) electrons. The normalized spacial score (nSPS) is 32.5. The van der Waals surface area contributed by atoms with Crippen molar-refractivity contribution in [3.63, 3.8) is 0 Å². The molecule has 4 heteroatoms. The molecule has 2 unspecified atom stereocenters. The van der Waals surface area contributed by atoms with E-state index in [9.17, 15) is 4.79 Å². The van der Waals surface area contributed by atoms with Gasteiger partial charge in [0.1, 0.15) is 0 Å². The van der Waals surface area contributed by atoms with E-state index in [0.717, 1.165) is 4.43 Å². The van der Waals surface area contributed by atoms with Crippen molar-refractivity contribution in [2.24, 2.45) is 5.92 Å². The van der Waals surface area contributed by atoms with Gasteiger partial charge < -0.3 is 9.84 Å². The number of ether oxygens (including phenoxy) is 1. The van der Waals surface area contributed by atoms with Crippen molar-refractivity contribution in [1.29, 1.82) is 0 Å². The van der Waals surface area contributed by atoms with Crippen molar-refractivity contribution < 1.29 is 14.6 Å². The third-order valence-corrected chi connectivity index (χ3v) is 2.55. The zero-order valence-electron chi connectivity index (χ0n) is 5.42. The van der Waals surface area contributed by atoms with Gasteiger partial charge in [-0.3, -0.25) is 4.79 Å². The van der Waals surface area contributed by atoms with Crippen LogP contribution >= 0.6 is 22.6 Å². The zero-order valence-corrected chi connectivity index (χ0v) is 7.58. The van der Waals surface area contributed by atoms with Gasteiger partial charge in [0.2, 0.25) is 0 Å². The molecule has 0 amide bonds. The van der Waals surface area contributed by atoms with Gasteiger partial charge in [0, 0.05) is 11.0 Å². The van der Waals surface area contributed by atoms with Gasteiger partial charge in [0.25, 0.3) is 0 Å². The SMILES string of the molecule is O=C(O)C1CCOC1CI. The molecule has 0 aliphatic carbocycles. The summed E-state index contributed by atoms with van der Waals surface area (Å²) in [6.45, 7) is 0.602. The minimum Gasteiger partial charge on any atom is -0.481 e. The van der Waals surface area contributed by atoms with Crippen LogP contribution in [-0.4, -0.2) is 28.2 Å². The van der Waals surface area contributed by atoms with Crippen molar-refractivity contribution in [2.75, 3.05) is 11.0 Å². The summed E-state index contributed by atoms with van der Waals surface area (Å²) >= 11 is 2.15. The predicted octanol–water partition coefficient (Wildman–Crippen LogP) is 0.911. The summed E-state index contributed by atoms with van der Waals surface area (Å²) in [7, 11) is 0. The van der Waals surface area contributed by atoms with E-state index in [-0.39, 0.29) is 12.0 Å². The molecule has 1 aliphatic heterocycles. The number of carbonyl (C=O) groups is 1. The van der Waals surface area contributed by atoms with E-state index < -0.39 is 5.97 Å². The molecule has 1 fully saturated rings. The van der Waals surface area contributed by atoms with E-state index >= 15 is 0 Å². The predicted molar refractivity (Wildman–Crippen MR) is 44.4 cm³/mol. The van der Waals surface area contributed by atoms with E-state index in [4.69, 9.17) is 9.84 Å². The fourth-order valence-electron chi connectivity index (χ4n) is 1.08. The van der Waals surface area contributed by atoms with E-state index in [2.05, 4.69) is 22.6 Å². The third-order valence-electron chi connectivity index (χ3n) is 1.68. The molecule has 58 valence electrons. The Bertz CT molecular complexity index is 137. The van der Waals surface area contributed by atoms with Crippen LogP contribution in [0.2, 0.25) is 0 Å². The Labute approximate surface area is 72.9 Å². The highest BCUT2D eigenvalue weighted by atomic mass is 127. The van der Waals surface area contributed by atoms with E-state index in [0.29, 0.717) is 13.0 Å². The number of hydrogen-bond acceptors (Lipinski definition) is 2. The first-order chi connectivity index (χ1) is 4.75. The molecule has 1 rings (SSSR count). The van der Waals surface area contributed by atoms with Crippen LogP contribution in [0.3, 0.4) is 0 Å². The van der Waals surface area contributed by atoms with Crippen molar-refractivity contribution in [3.05, 3.63) is 0 Å². The van der Waals surface area contributed by atoms with Gasteiger partial charge in [0.15, 0.2) is 0 Å². The lowest BCUT2D eigenvalue weighted by atomic mass is 10.0. The summed E-state index contributed by atoms with van der Waals surface area (Å²) in [5, 5.41) is 8.63. The number of alkyl halides is 1. The molecule has 1 N–H and O–H groups in total. The van der Waals surface area contributed by atoms with Gasteiger partial charge in [-0.05, 0) is 6.42 Å².